The van der Waals surface area contributed by atoms with Gasteiger partial charge in [0.05, 0.1) is 17.9 Å². The average Bonchev–Trinajstić information content (AvgIpc) is 3.48. The molecule has 1 aliphatic heterocycles. The molecule has 1 saturated carbocycles. The number of nitrogens with one attached hydrogen (secondary N) is 2. The highest BCUT2D eigenvalue weighted by molar-refractivity contribution is 7.89. The van der Waals surface area contributed by atoms with Crippen molar-refractivity contribution in [3.05, 3.63) is 29.3 Å². The van der Waals surface area contributed by atoms with Crippen LogP contribution in [0.15, 0.2) is 18.2 Å². The summed E-state index contributed by atoms with van der Waals surface area (Å²) in [4.78, 5) is 24.0. The zero-order valence-corrected chi connectivity index (χ0v) is 19.1. The Bertz CT molecular complexity index is 980. The van der Waals surface area contributed by atoms with E-state index in [0.29, 0.717) is 31.4 Å². The number of carbonyl (C=O) groups excluding carboxylic acids is 2. The molecule has 2 N–H and O–H groups in total. The molecule has 3 amide bonds. The Hall–Kier alpha value is -2.34. The third kappa shape index (κ3) is 7.60. The number of rotatable bonds is 12. The van der Waals surface area contributed by atoms with Crippen LogP contribution in [0.3, 0.4) is 0 Å². The predicted molar refractivity (Wildman–Crippen MR) is 114 cm³/mol. The second-order valence-electron chi connectivity index (χ2n) is 8.50. The third-order valence-corrected chi connectivity index (χ3v) is 7.09. The Labute approximate surface area is 190 Å². The van der Waals surface area contributed by atoms with Gasteiger partial charge in [-0.1, -0.05) is 12.5 Å². The smallest absolute Gasteiger partial charge is 0.419 e. The maximum atomic E-state index is 13.3. The van der Waals surface area contributed by atoms with E-state index < -0.39 is 33.8 Å². The van der Waals surface area contributed by atoms with Crippen LogP contribution in [0.1, 0.15) is 56.2 Å². The molecule has 2 fully saturated rings. The lowest BCUT2D eigenvalue weighted by molar-refractivity contribution is -0.139. The molecule has 8 nitrogen and oxygen atoms in total. The van der Waals surface area contributed by atoms with Crippen molar-refractivity contribution in [1.82, 2.24) is 14.9 Å². The van der Waals surface area contributed by atoms with Crippen LogP contribution in [0.25, 0.3) is 0 Å². The van der Waals surface area contributed by atoms with Crippen LogP contribution in [-0.2, 0) is 21.0 Å². The number of amides is 3. The lowest BCUT2D eigenvalue weighted by atomic mass is 10.1. The molecule has 1 heterocycles. The zero-order valence-electron chi connectivity index (χ0n) is 18.3. The van der Waals surface area contributed by atoms with Crippen molar-refractivity contribution in [3.8, 4) is 5.75 Å². The van der Waals surface area contributed by atoms with Crippen molar-refractivity contribution >= 4 is 22.0 Å². The number of hydrogen-bond donors (Lipinski definition) is 2. The molecular formula is C21H28F3N3O5S. The van der Waals surface area contributed by atoms with Gasteiger partial charge in [-0.05, 0) is 56.2 Å². The molecule has 1 atom stereocenters. The molecule has 0 spiro atoms. The summed E-state index contributed by atoms with van der Waals surface area (Å²) in [6, 6.07) is 2.24. The van der Waals surface area contributed by atoms with Crippen molar-refractivity contribution in [2.75, 3.05) is 25.4 Å². The second-order valence-corrected chi connectivity index (χ2v) is 10.4. The fourth-order valence-corrected chi connectivity index (χ4v) is 4.86. The summed E-state index contributed by atoms with van der Waals surface area (Å²) < 4.78 is 72.6. The lowest BCUT2D eigenvalue weighted by Gasteiger charge is -2.19. The van der Waals surface area contributed by atoms with E-state index in [2.05, 4.69) is 10.0 Å². The van der Waals surface area contributed by atoms with E-state index in [1.807, 2.05) is 0 Å². The monoisotopic (exact) mass is 491 g/mol. The van der Waals surface area contributed by atoms with E-state index in [9.17, 15) is 31.2 Å². The van der Waals surface area contributed by atoms with E-state index in [4.69, 9.17) is 4.74 Å². The Morgan fingerprint density at radius 2 is 1.94 bits per heavy atom. The molecule has 2 aliphatic rings. The van der Waals surface area contributed by atoms with E-state index >= 15 is 0 Å². The summed E-state index contributed by atoms with van der Waals surface area (Å²) in [7, 11) is -3.68. The number of ether oxygens (including phenoxy) is 1. The molecule has 1 aromatic carbocycles. The first-order chi connectivity index (χ1) is 15.4. The van der Waals surface area contributed by atoms with Crippen LogP contribution in [-0.4, -0.2) is 50.7 Å². The summed E-state index contributed by atoms with van der Waals surface area (Å²) in [6.07, 6.45) is -1.28. The van der Waals surface area contributed by atoms with Gasteiger partial charge < -0.3 is 9.64 Å². The van der Waals surface area contributed by atoms with Crippen LogP contribution in [0.4, 0.5) is 18.0 Å². The number of carbonyl (C=O) groups is 2. The molecule has 3 rings (SSSR count). The molecule has 1 aliphatic carbocycles. The van der Waals surface area contributed by atoms with E-state index in [1.165, 1.54) is 17.0 Å². The molecule has 0 unspecified atom stereocenters. The van der Waals surface area contributed by atoms with Gasteiger partial charge in [-0.3, -0.25) is 10.1 Å². The quantitative estimate of drug-likeness (QED) is 0.345. The maximum Gasteiger partial charge on any atom is 0.419 e. The highest BCUT2D eigenvalue weighted by Crippen LogP contribution is 2.39. The number of nitrogens with zero attached hydrogens (tertiary/aromatic N) is 1. The summed E-state index contributed by atoms with van der Waals surface area (Å²) in [6.45, 7) is 2.14. The van der Waals surface area contributed by atoms with Crippen molar-refractivity contribution < 1.29 is 35.9 Å². The molecule has 0 bridgehead atoms. The number of alkyl halides is 3. The van der Waals surface area contributed by atoms with Crippen LogP contribution < -0.4 is 14.8 Å². The van der Waals surface area contributed by atoms with Gasteiger partial charge >= 0.3 is 12.2 Å². The summed E-state index contributed by atoms with van der Waals surface area (Å²) in [5, 5.41) is 2.17. The summed E-state index contributed by atoms with van der Waals surface area (Å²) in [5.41, 5.74) is -0.502. The molecule has 184 valence electrons. The van der Waals surface area contributed by atoms with E-state index in [0.717, 1.165) is 18.9 Å². The minimum atomic E-state index is -4.57. The summed E-state index contributed by atoms with van der Waals surface area (Å²) >= 11 is 0. The van der Waals surface area contributed by atoms with Gasteiger partial charge in [0.2, 0.25) is 15.9 Å². The Kier molecular flexibility index (Phi) is 7.88. The van der Waals surface area contributed by atoms with Crippen molar-refractivity contribution in [2.24, 2.45) is 5.92 Å². The number of halogens is 3. The Balaban J connectivity index is 1.51. The minimum absolute atomic E-state index is 0.00961. The molecule has 1 saturated heterocycles. The van der Waals surface area contributed by atoms with E-state index in [-0.39, 0.29) is 36.5 Å². The molecule has 0 aromatic heterocycles. The number of unbranched alkanes of at least 4 members (excludes halogenated alkanes) is 2. The van der Waals surface area contributed by atoms with Crippen LogP contribution in [0.2, 0.25) is 0 Å². The fraction of sp³-hybridized carbons (Fsp3) is 0.619. The lowest BCUT2D eigenvalue weighted by Crippen LogP contribution is -2.30. The van der Waals surface area contributed by atoms with Crippen molar-refractivity contribution in [2.45, 2.75) is 51.2 Å². The highest BCUT2D eigenvalue weighted by Gasteiger charge is 2.35. The average molecular weight is 492 g/mol. The zero-order chi connectivity index (χ0) is 24.2. The molecule has 0 radical (unpaired) electrons. The maximum absolute atomic E-state index is 13.3. The number of hydrogen-bond acceptors (Lipinski definition) is 5. The number of benzene rings is 1. The normalized spacial score (nSPS) is 17.9. The van der Waals surface area contributed by atoms with Gasteiger partial charge in [-0.2, -0.15) is 13.2 Å². The standard InChI is InChI=1S/C21H28F3N3O5S/c1-14(16-7-8-17(21(22,23)24)18(11-16)32-13-15-5-6-15)26-33(30,31)10-4-2-3-9-27-12-19(28)25-20(27)29/h7-8,11,14-15,26H,2-6,9-10,12-13H2,1H3,(H,25,28,29)/t14-/m1/s1. The minimum Gasteiger partial charge on any atom is -0.493 e. The molecular weight excluding hydrogens is 463 g/mol. The number of urea groups is 1. The van der Waals surface area contributed by atoms with Gasteiger partial charge in [0.15, 0.2) is 0 Å². The third-order valence-electron chi connectivity index (χ3n) is 5.55. The van der Waals surface area contributed by atoms with Gasteiger partial charge in [-0.25, -0.2) is 17.9 Å². The molecule has 12 heteroatoms. The van der Waals surface area contributed by atoms with Gasteiger partial charge in [-0.15, -0.1) is 0 Å². The van der Waals surface area contributed by atoms with Crippen LogP contribution >= 0.6 is 0 Å². The second kappa shape index (κ2) is 10.3. The molecule has 1 aromatic rings. The molecule has 33 heavy (non-hydrogen) atoms. The highest BCUT2D eigenvalue weighted by atomic mass is 32.2. The van der Waals surface area contributed by atoms with Crippen LogP contribution in [0.5, 0.6) is 5.75 Å². The van der Waals surface area contributed by atoms with E-state index in [1.54, 1.807) is 6.92 Å². The fourth-order valence-electron chi connectivity index (χ4n) is 3.49. The first kappa shape index (κ1) is 25.3. The summed E-state index contributed by atoms with van der Waals surface area (Å²) in [5.74, 6) is -0.535. The number of imide groups is 1. The number of sulfonamides is 1. The van der Waals surface area contributed by atoms with Crippen molar-refractivity contribution in [3.63, 3.8) is 0 Å². The van der Waals surface area contributed by atoms with Gasteiger partial charge in [0, 0.05) is 12.6 Å². The largest absolute Gasteiger partial charge is 0.493 e. The van der Waals surface area contributed by atoms with Crippen LogP contribution in [0, 0.1) is 5.92 Å². The topological polar surface area (TPSA) is 105 Å². The predicted octanol–water partition coefficient (Wildman–Crippen LogP) is 3.20. The Morgan fingerprint density at radius 3 is 2.55 bits per heavy atom. The van der Waals surface area contributed by atoms with Crippen molar-refractivity contribution in [1.29, 1.82) is 0 Å². The Morgan fingerprint density at radius 1 is 1.21 bits per heavy atom. The first-order valence-electron chi connectivity index (χ1n) is 10.9. The van der Waals surface area contributed by atoms with Gasteiger partial charge in [0.1, 0.15) is 12.3 Å². The van der Waals surface area contributed by atoms with Gasteiger partial charge in [0.25, 0.3) is 0 Å². The SMILES string of the molecule is C[C@@H](NS(=O)(=O)CCCCCN1CC(=O)NC1=O)c1ccc(C(F)(F)F)c(OCC2CC2)c1. The first-order valence-corrected chi connectivity index (χ1v) is 12.5.